The summed E-state index contributed by atoms with van der Waals surface area (Å²) in [7, 11) is 1.53. The minimum atomic E-state index is 0.382. The average Bonchev–Trinajstić information content (AvgIpc) is 2.21. The number of hydrogen-bond acceptors (Lipinski definition) is 3. The van der Waals surface area contributed by atoms with Gasteiger partial charge in [0.25, 0.3) is 6.47 Å². The summed E-state index contributed by atoms with van der Waals surface area (Å²) in [5.41, 5.74) is 1.00. The molecule has 1 aromatic carbocycles. The minimum Gasteiger partial charge on any atom is -0.493 e. The van der Waals surface area contributed by atoms with E-state index in [1.54, 1.807) is 12.1 Å². The third-order valence-electron chi connectivity index (χ3n) is 1.72. The summed E-state index contributed by atoms with van der Waals surface area (Å²) in [5.74, 6) is 0.975. The summed E-state index contributed by atoms with van der Waals surface area (Å²) in [6, 6.07) is 5.35. The molecule has 1 aromatic rings. The first-order valence-electron chi connectivity index (χ1n) is 4.23. The third kappa shape index (κ3) is 2.36. The molecular formula is C11H12O3. The zero-order chi connectivity index (χ0) is 10.4. The van der Waals surface area contributed by atoms with Gasteiger partial charge in [0.1, 0.15) is 0 Å². The van der Waals surface area contributed by atoms with Crippen LogP contribution < -0.4 is 9.47 Å². The van der Waals surface area contributed by atoms with Crippen LogP contribution >= 0.6 is 0 Å². The van der Waals surface area contributed by atoms with Gasteiger partial charge in [0.2, 0.25) is 0 Å². The molecule has 0 bridgehead atoms. The molecule has 0 aromatic heterocycles. The Hall–Kier alpha value is -1.77. The van der Waals surface area contributed by atoms with Crippen molar-refractivity contribution >= 4 is 12.5 Å². The summed E-state index contributed by atoms with van der Waals surface area (Å²) in [6.45, 7) is 2.31. The van der Waals surface area contributed by atoms with E-state index >= 15 is 0 Å². The van der Waals surface area contributed by atoms with Crippen molar-refractivity contribution in [3.05, 3.63) is 29.8 Å². The summed E-state index contributed by atoms with van der Waals surface area (Å²) >= 11 is 0. The first-order chi connectivity index (χ1) is 6.81. The van der Waals surface area contributed by atoms with Crippen molar-refractivity contribution < 1.29 is 14.3 Å². The molecule has 0 aliphatic heterocycles. The SMILES string of the molecule is C/C=C\c1ccc(OC=O)c(OC)c1. The second kappa shape index (κ2) is 5.07. The number of carbonyl (C=O) groups excluding carboxylic acids is 1. The largest absolute Gasteiger partial charge is 0.493 e. The minimum absolute atomic E-state index is 0.382. The van der Waals surface area contributed by atoms with Gasteiger partial charge in [-0.1, -0.05) is 18.2 Å². The third-order valence-corrected chi connectivity index (χ3v) is 1.72. The van der Waals surface area contributed by atoms with Gasteiger partial charge in [-0.15, -0.1) is 0 Å². The van der Waals surface area contributed by atoms with Gasteiger partial charge in [0.05, 0.1) is 7.11 Å². The zero-order valence-corrected chi connectivity index (χ0v) is 8.19. The maximum atomic E-state index is 10.2. The molecule has 0 heterocycles. The average molecular weight is 192 g/mol. The van der Waals surface area contributed by atoms with Gasteiger partial charge < -0.3 is 9.47 Å². The molecule has 0 saturated heterocycles. The number of ether oxygens (including phenoxy) is 2. The van der Waals surface area contributed by atoms with E-state index in [2.05, 4.69) is 0 Å². The van der Waals surface area contributed by atoms with E-state index in [-0.39, 0.29) is 0 Å². The molecule has 0 spiro atoms. The molecule has 0 saturated carbocycles. The second-order valence-electron chi connectivity index (χ2n) is 2.62. The van der Waals surface area contributed by atoms with Crippen molar-refractivity contribution in [1.29, 1.82) is 0 Å². The molecule has 0 aliphatic rings. The highest BCUT2D eigenvalue weighted by Gasteiger charge is 2.03. The van der Waals surface area contributed by atoms with Crippen molar-refractivity contribution in [2.24, 2.45) is 0 Å². The Kier molecular flexibility index (Phi) is 3.73. The van der Waals surface area contributed by atoms with Crippen LogP contribution in [0, 0.1) is 0 Å². The Morgan fingerprint density at radius 3 is 2.64 bits per heavy atom. The monoisotopic (exact) mass is 192 g/mol. The Balaban J connectivity index is 3.04. The van der Waals surface area contributed by atoms with Crippen molar-refractivity contribution in [2.75, 3.05) is 7.11 Å². The fourth-order valence-electron chi connectivity index (χ4n) is 1.13. The molecule has 0 N–H and O–H groups in total. The number of allylic oxidation sites excluding steroid dienone is 1. The number of benzene rings is 1. The molecular weight excluding hydrogens is 180 g/mol. The maximum absolute atomic E-state index is 10.2. The first kappa shape index (κ1) is 10.3. The number of carbonyl (C=O) groups is 1. The topological polar surface area (TPSA) is 35.5 Å². The van der Waals surface area contributed by atoms with Crippen molar-refractivity contribution in [3.8, 4) is 11.5 Å². The molecule has 14 heavy (non-hydrogen) atoms. The zero-order valence-electron chi connectivity index (χ0n) is 8.19. The normalized spacial score (nSPS) is 10.1. The van der Waals surface area contributed by atoms with Crippen molar-refractivity contribution in [3.63, 3.8) is 0 Å². The van der Waals surface area contributed by atoms with Crippen LogP contribution in [-0.4, -0.2) is 13.6 Å². The summed E-state index contributed by atoms with van der Waals surface area (Å²) in [5, 5.41) is 0. The van der Waals surface area contributed by atoms with Gasteiger partial charge in [-0.2, -0.15) is 0 Å². The van der Waals surface area contributed by atoms with Crippen LogP contribution in [-0.2, 0) is 4.79 Å². The first-order valence-corrected chi connectivity index (χ1v) is 4.23. The standard InChI is InChI=1S/C11H12O3/c1-3-4-9-5-6-10(14-8-12)11(7-9)13-2/h3-8H,1-2H3/b4-3-. The Morgan fingerprint density at radius 2 is 2.07 bits per heavy atom. The Bertz CT molecular complexity index is 342. The van der Waals surface area contributed by atoms with Crippen LogP contribution in [0.15, 0.2) is 24.3 Å². The number of methoxy groups -OCH3 is 1. The van der Waals surface area contributed by atoms with Gasteiger partial charge >= 0.3 is 0 Å². The molecule has 3 heteroatoms. The lowest BCUT2D eigenvalue weighted by molar-refractivity contribution is -0.120. The van der Waals surface area contributed by atoms with Gasteiger partial charge in [-0.25, -0.2) is 0 Å². The molecule has 0 amide bonds. The van der Waals surface area contributed by atoms with E-state index in [1.807, 2.05) is 25.1 Å². The quantitative estimate of drug-likeness (QED) is 0.686. The molecule has 3 nitrogen and oxygen atoms in total. The lowest BCUT2D eigenvalue weighted by Crippen LogP contribution is -1.93. The van der Waals surface area contributed by atoms with Crippen LogP contribution in [0.4, 0.5) is 0 Å². The molecule has 0 unspecified atom stereocenters. The van der Waals surface area contributed by atoms with Crippen LogP contribution in [0.1, 0.15) is 12.5 Å². The lowest BCUT2D eigenvalue weighted by atomic mass is 10.2. The van der Waals surface area contributed by atoms with E-state index in [1.165, 1.54) is 7.11 Å². The van der Waals surface area contributed by atoms with Gasteiger partial charge in [0, 0.05) is 0 Å². The highest BCUT2D eigenvalue weighted by molar-refractivity contribution is 5.58. The van der Waals surface area contributed by atoms with E-state index in [0.29, 0.717) is 18.0 Å². The van der Waals surface area contributed by atoms with Crippen LogP contribution in [0.25, 0.3) is 6.08 Å². The van der Waals surface area contributed by atoms with E-state index in [0.717, 1.165) is 5.56 Å². The van der Waals surface area contributed by atoms with Gasteiger partial charge in [-0.05, 0) is 24.6 Å². The second-order valence-corrected chi connectivity index (χ2v) is 2.62. The molecule has 0 atom stereocenters. The molecule has 1 rings (SSSR count). The highest BCUT2D eigenvalue weighted by Crippen LogP contribution is 2.27. The Labute approximate surface area is 83.0 Å². The summed E-state index contributed by atoms with van der Waals surface area (Å²) < 4.78 is 9.80. The number of hydrogen-bond donors (Lipinski definition) is 0. The molecule has 0 aliphatic carbocycles. The van der Waals surface area contributed by atoms with Gasteiger partial charge in [0.15, 0.2) is 11.5 Å². The van der Waals surface area contributed by atoms with Crippen LogP contribution in [0.2, 0.25) is 0 Å². The Morgan fingerprint density at radius 1 is 1.29 bits per heavy atom. The molecule has 0 fully saturated rings. The summed E-state index contributed by atoms with van der Waals surface area (Å²) in [6.07, 6.45) is 3.86. The summed E-state index contributed by atoms with van der Waals surface area (Å²) in [4.78, 5) is 10.2. The smallest absolute Gasteiger partial charge is 0.298 e. The van der Waals surface area contributed by atoms with Crippen molar-refractivity contribution in [1.82, 2.24) is 0 Å². The predicted molar refractivity (Wildman–Crippen MR) is 54.4 cm³/mol. The highest BCUT2D eigenvalue weighted by atomic mass is 16.5. The van der Waals surface area contributed by atoms with E-state index < -0.39 is 0 Å². The van der Waals surface area contributed by atoms with E-state index in [9.17, 15) is 4.79 Å². The van der Waals surface area contributed by atoms with Crippen molar-refractivity contribution in [2.45, 2.75) is 6.92 Å². The fourth-order valence-corrected chi connectivity index (χ4v) is 1.13. The molecule has 74 valence electrons. The number of rotatable bonds is 4. The van der Waals surface area contributed by atoms with E-state index in [4.69, 9.17) is 9.47 Å². The van der Waals surface area contributed by atoms with Crippen LogP contribution in [0.3, 0.4) is 0 Å². The fraction of sp³-hybridized carbons (Fsp3) is 0.182. The van der Waals surface area contributed by atoms with Gasteiger partial charge in [-0.3, -0.25) is 4.79 Å². The van der Waals surface area contributed by atoms with Crippen LogP contribution in [0.5, 0.6) is 11.5 Å². The molecule has 0 radical (unpaired) electrons. The predicted octanol–water partition coefficient (Wildman–Crippen LogP) is 2.26. The lowest BCUT2D eigenvalue weighted by Gasteiger charge is -2.06. The maximum Gasteiger partial charge on any atom is 0.298 e.